The van der Waals surface area contributed by atoms with Crippen LogP contribution < -0.4 is 0 Å². The Morgan fingerprint density at radius 2 is 1.50 bits per heavy atom. The van der Waals surface area contributed by atoms with Crippen LogP contribution in [0.4, 0.5) is 0 Å². The molecule has 1 aliphatic carbocycles. The molecule has 0 bridgehead atoms. The Labute approximate surface area is 141 Å². The normalized spacial score (nSPS) is 39.3. The number of rotatable bonds is 5. The van der Waals surface area contributed by atoms with E-state index in [0.29, 0.717) is 10.8 Å². The third kappa shape index (κ3) is 3.90. The van der Waals surface area contributed by atoms with E-state index >= 15 is 0 Å². The summed E-state index contributed by atoms with van der Waals surface area (Å²) in [5, 5.41) is 0. The standard InChI is InChI=1S/C22H44/c1-11-20-13-19(12-15(2)3)17(6)21(8,9)18(7)22(20,10)14-16(4)5/h15-20H,11-14H2,1-10H3. The van der Waals surface area contributed by atoms with E-state index < -0.39 is 0 Å². The van der Waals surface area contributed by atoms with Gasteiger partial charge in [-0.1, -0.05) is 75.7 Å². The second-order valence-corrected chi connectivity index (χ2v) is 10.2. The van der Waals surface area contributed by atoms with Gasteiger partial charge >= 0.3 is 0 Å². The summed E-state index contributed by atoms with van der Waals surface area (Å²) in [6.45, 7) is 24.9. The van der Waals surface area contributed by atoms with Crippen molar-refractivity contribution >= 4 is 0 Å². The van der Waals surface area contributed by atoms with E-state index in [9.17, 15) is 0 Å². The largest absolute Gasteiger partial charge is 0.0651 e. The molecule has 5 atom stereocenters. The van der Waals surface area contributed by atoms with Crippen LogP contribution in [0.15, 0.2) is 0 Å². The van der Waals surface area contributed by atoms with Gasteiger partial charge in [0, 0.05) is 0 Å². The van der Waals surface area contributed by atoms with Crippen molar-refractivity contribution in [1.29, 1.82) is 0 Å². The molecular formula is C22H44. The average molecular weight is 309 g/mol. The van der Waals surface area contributed by atoms with E-state index in [2.05, 4.69) is 69.2 Å². The minimum atomic E-state index is 0.438. The first kappa shape index (κ1) is 20.0. The lowest BCUT2D eigenvalue weighted by atomic mass is 9.56. The second kappa shape index (κ2) is 7.27. The molecule has 0 spiro atoms. The third-order valence-corrected chi connectivity index (χ3v) is 7.62. The van der Waals surface area contributed by atoms with Crippen LogP contribution in [0, 0.1) is 46.3 Å². The van der Waals surface area contributed by atoms with Crippen LogP contribution in [0.2, 0.25) is 0 Å². The molecule has 0 radical (unpaired) electrons. The van der Waals surface area contributed by atoms with Gasteiger partial charge in [0.15, 0.2) is 0 Å². The van der Waals surface area contributed by atoms with Crippen LogP contribution in [0.25, 0.3) is 0 Å². The molecule has 1 aliphatic rings. The summed E-state index contributed by atoms with van der Waals surface area (Å²) >= 11 is 0. The maximum atomic E-state index is 2.62. The summed E-state index contributed by atoms with van der Waals surface area (Å²) < 4.78 is 0. The molecule has 0 aromatic heterocycles. The maximum Gasteiger partial charge on any atom is -0.0264 e. The molecule has 22 heavy (non-hydrogen) atoms. The van der Waals surface area contributed by atoms with E-state index in [1.165, 1.54) is 25.7 Å². The Balaban J connectivity index is 3.26. The Morgan fingerprint density at radius 3 is 1.91 bits per heavy atom. The van der Waals surface area contributed by atoms with E-state index in [0.717, 1.165) is 35.5 Å². The lowest BCUT2D eigenvalue weighted by Gasteiger charge is -2.49. The van der Waals surface area contributed by atoms with Crippen LogP contribution in [0.1, 0.15) is 94.9 Å². The maximum absolute atomic E-state index is 2.62. The predicted octanol–water partition coefficient (Wildman–Crippen LogP) is 7.43. The second-order valence-electron chi connectivity index (χ2n) is 10.2. The van der Waals surface area contributed by atoms with Gasteiger partial charge in [-0.15, -0.1) is 0 Å². The SMILES string of the molecule is CCC1CC(CC(C)C)C(C)C(C)(C)C(C)C1(C)CC(C)C. The highest BCUT2D eigenvalue weighted by Crippen LogP contribution is 2.59. The van der Waals surface area contributed by atoms with E-state index in [1.54, 1.807) is 0 Å². The van der Waals surface area contributed by atoms with Crippen LogP contribution in [0.3, 0.4) is 0 Å². The molecule has 1 rings (SSSR count). The fourth-order valence-corrected chi connectivity index (χ4v) is 5.81. The molecular weight excluding hydrogens is 264 g/mol. The van der Waals surface area contributed by atoms with Gasteiger partial charge in [0.1, 0.15) is 0 Å². The van der Waals surface area contributed by atoms with Crippen LogP contribution in [-0.4, -0.2) is 0 Å². The highest BCUT2D eigenvalue weighted by atomic mass is 14.6. The molecule has 0 N–H and O–H groups in total. The van der Waals surface area contributed by atoms with E-state index in [4.69, 9.17) is 0 Å². The Hall–Kier alpha value is 0. The molecule has 0 amide bonds. The van der Waals surface area contributed by atoms with Gasteiger partial charge in [-0.2, -0.15) is 0 Å². The summed E-state index contributed by atoms with van der Waals surface area (Å²) in [7, 11) is 0. The molecule has 0 heterocycles. The van der Waals surface area contributed by atoms with E-state index in [-0.39, 0.29) is 0 Å². The average Bonchev–Trinajstić information content (AvgIpc) is 2.43. The highest BCUT2D eigenvalue weighted by molar-refractivity contribution is 5.00. The molecule has 1 saturated carbocycles. The van der Waals surface area contributed by atoms with Crippen molar-refractivity contribution in [2.75, 3.05) is 0 Å². The lowest BCUT2D eigenvalue weighted by Crippen LogP contribution is -2.42. The predicted molar refractivity (Wildman–Crippen MR) is 101 cm³/mol. The zero-order valence-corrected chi connectivity index (χ0v) is 17.3. The van der Waals surface area contributed by atoms with Crippen molar-refractivity contribution in [1.82, 2.24) is 0 Å². The molecule has 0 nitrogen and oxygen atoms in total. The molecule has 0 heteroatoms. The quantitative estimate of drug-likeness (QED) is 0.463. The van der Waals surface area contributed by atoms with Crippen molar-refractivity contribution in [2.45, 2.75) is 94.9 Å². The first-order valence-corrected chi connectivity index (χ1v) is 9.96. The van der Waals surface area contributed by atoms with Gasteiger partial charge in [-0.3, -0.25) is 0 Å². The van der Waals surface area contributed by atoms with Gasteiger partial charge in [0.05, 0.1) is 0 Å². The van der Waals surface area contributed by atoms with Crippen molar-refractivity contribution < 1.29 is 0 Å². The summed E-state index contributed by atoms with van der Waals surface area (Å²) in [6, 6.07) is 0. The van der Waals surface area contributed by atoms with Gasteiger partial charge in [-0.05, 0) is 65.6 Å². The van der Waals surface area contributed by atoms with Gasteiger partial charge < -0.3 is 0 Å². The first-order chi connectivity index (χ1) is 9.96. The summed E-state index contributed by atoms with van der Waals surface area (Å²) in [6.07, 6.45) is 5.60. The monoisotopic (exact) mass is 308 g/mol. The summed E-state index contributed by atoms with van der Waals surface area (Å²) in [5.41, 5.74) is 0.930. The molecule has 0 aromatic carbocycles. The Bertz CT molecular complexity index is 338. The zero-order chi connectivity index (χ0) is 17.3. The van der Waals surface area contributed by atoms with Crippen molar-refractivity contribution in [2.24, 2.45) is 46.3 Å². The molecule has 1 fully saturated rings. The highest BCUT2D eigenvalue weighted by Gasteiger charge is 2.51. The minimum absolute atomic E-state index is 0.438. The molecule has 0 aromatic rings. The molecule has 5 unspecified atom stereocenters. The van der Waals surface area contributed by atoms with Gasteiger partial charge in [0.25, 0.3) is 0 Å². The molecule has 0 aliphatic heterocycles. The lowest BCUT2D eigenvalue weighted by molar-refractivity contribution is -0.00407. The molecule has 132 valence electrons. The van der Waals surface area contributed by atoms with Crippen molar-refractivity contribution in [3.8, 4) is 0 Å². The third-order valence-electron chi connectivity index (χ3n) is 7.62. The summed E-state index contributed by atoms with van der Waals surface area (Å²) in [4.78, 5) is 0. The molecule has 0 saturated heterocycles. The fourth-order valence-electron chi connectivity index (χ4n) is 5.81. The minimum Gasteiger partial charge on any atom is -0.0651 e. The number of hydrogen-bond acceptors (Lipinski definition) is 0. The fraction of sp³-hybridized carbons (Fsp3) is 1.00. The zero-order valence-electron chi connectivity index (χ0n) is 17.3. The number of hydrogen-bond donors (Lipinski definition) is 0. The van der Waals surface area contributed by atoms with Crippen molar-refractivity contribution in [3.05, 3.63) is 0 Å². The first-order valence-electron chi connectivity index (χ1n) is 9.96. The van der Waals surface area contributed by atoms with Gasteiger partial charge in [-0.25, -0.2) is 0 Å². The van der Waals surface area contributed by atoms with Crippen LogP contribution >= 0.6 is 0 Å². The van der Waals surface area contributed by atoms with Gasteiger partial charge in [0.2, 0.25) is 0 Å². The Kier molecular flexibility index (Phi) is 6.62. The topological polar surface area (TPSA) is 0 Å². The van der Waals surface area contributed by atoms with Crippen molar-refractivity contribution in [3.63, 3.8) is 0 Å². The smallest absolute Gasteiger partial charge is 0.0264 e. The van der Waals surface area contributed by atoms with E-state index in [1.807, 2.05) is 0 Å². The summed E-state index contributed by atoms with van der Waals surface area (Å²) in [5.74, 6) is 5.03. The Morgan fingerprint density at radius 1 is 0.955 bits per heavy atom. The van der Waals surface area contributed by atoms with Crippen LogP contribution in [-0.2, 0) is 0 Å². The van der Waals surface area contributed by atoms with Crippen LogP contribution in [0.5, 0.6) is 0 Å².